The molecule has 1 aliphatic heterocycles. The molecule has 1 amide bonds. The summed E-state index contributed by atoms with van der Waals surface area (Å²) in [5.74, 6) is 0.232. The van der Waals surface area contributed by atoms with Crippen molar-refractivity contribution in [2.45, 2.75) is 39.8 Å². The Morgan fingerprint density at radius 3 is 2.62 bits per heavy atom. The Balaban J connectivity index is 1.79. The van der Waals surface area contributed by atoms with Crippen LogP contribution in [0, 0.1) is 13.8 Å². The normalized spacial score (nSPS) is 17.8. The van der Waals surface area contributed by atoms with E-state index in [1.54, 1.807) is 37.3 Å². The van der Waals surface area contributed by atoms with E-state index < -0.39 is 17.7 Å². The fraction of sp³-hybridized carbons (Fsp3) is 0.280. The molecule has 1 saturated heterocycles. The number of hydrogen-bond donors (Lipinski definition) is 1. The van der Waals surface area contributed by atoms with Gasteiger partial charge in [-0.3, -0.25) is 9.59 Å². The number of aliphatic hydroxyl groups is 1. The molecule has 0 saturated carbocycles. The third-order valence-corrected chi connectivity index (χ3v) is 6.25. The number of carbonyl (C=O) groups is 2. The number of carbonyl (C=O) groups excluding carboxylic acids is 2. The number of amides is 1. The second-order valence-corrected chi connectivity index (χ2v) is 8.82. The van der Waals surface area contributed by atoms with Crippen molar-refractivity contribution in [3.63, 3.8) is 0 Å². The Bertz CT molecular complexity index is 1170. The number of aliphatic hydroxyl groups excluding tert-OH is 1. The summed E-state index contributed by atoms with van der Waals surface area (Å²) in [4.78, 5) is 28.5. The highest BCUT2D eigenvalue weighted by Crippen LogP contribution is 2.41. The summed E-state index contributed by atoms with van der Waals surface area (Å²) >= 11 is 1.50. The molecule has 3 aromatic rings. The second-order valence-electron chi connectivity index (χ2n) is 7.78. The van der Waals surface area contributed by atoms with Crippen molar-refractivity contribution in [3.8, 4) is 5.75 Å². The van der Waals surface area contributed by atoms with Gasteiger partial charge in [-0.1, -0.05) is 13.0 Å². The fourth-order valence-electron chi connectivity index (χ4n) is 3.84. The molecule has 0 spiro atoms. The minimum Gasteiger partial charge on any atom is -0.507 e. The molecule has 32 heavy (non-hydrogen) atoms. The lowest BCUT2D eigenvalue weighted by molar-refractivity contribution is -0.140. The molecule has 1 unspecified atom stereocenters. The van der Waals surface area contributed by atoms with E-state index in [1.165, 1.54) is 16.2 Å². The van der Waals surface area contributed by atoms with Crippen molar-refractivity contribution in [3.05, 3.63) is 80.9 Å². The number of ether oxygens (including phenoxy) is 1. The van der Waals surface area contributed by atoms with Gasteiger partial charge in [0.15, 0.2) is 0 Å². The van der Waals surface area contributed by atoms with Gasteiger partial charge in [-0.15, -0.1) is 11.3 Å². The number of aryl methyl sites for hydroxylation is 2. The Morgan fingerprint density at radius 1 is 1.19 bits per heavy atom. The molecule has 4 rings (SSSR count). The van der Waals surface area contributed by atoms with Gasteiger partial charge in [-0.2, -0.15) is 0 Å². The SMILES string of the molecule is CCCOc1ccc(/C(O)=C2/C(=O)C(=O)N(Cc3cccs3)C2c2ccc(C)o2)cc1C. The third-order valence-electron chi connectivity index (χ3n) is 5.39. The van der Waals surface area contributed by atoms with Gasteiger partial charge >= 0.3 is 0 Å². The lowest BCUT2D eigenvalue weighted by Crippen LogP contribution is -2.28. The summed E-state index contributed by atoms with van der Waals surface area (Å²) in [6.45, 7) is 6.56. The average Bonchev–Trinajstić information content (AvgIpc) is 3.50. The van der Waals surface area contributed by atoms with Crippen molar-refractivity contribution in [2.24, 2.45) is 0 Å². The Hall–Kier alpha value is -3.32. The summed E-state index contributed by atoms with van der Waals surface area (Å²) < 4.78 is 11.5. The summed E-state index contributed by atoms with van der Waals surface area (Å²) in [7, 11) is 0. The van der Waals surface area contributed by atoms with Crippen LogP contribution >= 0.6 is 11.3 Å². The highest BCUT2D eigenvalue weighted by atomic mass is 32.1. The van der Waals surface area contributed by atoms with Gasteiger partial charge in [0.1, 0.15) is 29.1 Å². The number of furan rings is 1. The molecule has 1 atom stereocenters. The second kappa shape index (κ2) is 9.04. The van der Waals surface area contributed by atoms with E-state index in [0.717, 1.165) is 22.6 Å². The highest BCUT2D eigenvalue weighted by Gasteiger charge is 2.47. The van der Waals surface area contributed by atoms with Crippen LogP contribution in [0.15, 0.2) is 57.8 Å². The van der Waals surface area contributed by atoms with Gasteiger partial charge in [0.2, 0.25) is 0 Å². The summed E-state index contributed by atoms with van der Waals surface area (Å²) in [6.07, 6.45) is 0.886. The summed E-state index contributed by atoms with van der Waals surface area (Å²) in [5.41, 5.74) is 1.32. The molecule has 3 heterocycles. The van der Waals surface area contributed by atoms with Crippen LogP contribution < -0.4 is 4.74 Å². The van der Waals surface area contributed by atoms with Crippen LogP contribution in [-0.4, -0.2) is 28.3 Å². The van der Waals surface area contributed by atoms with E-state index in [-0.39, 0.29) is 17.9 Å². The maximum absolute atomic E-state index is 13.1. The zero-order chi connectivity index (χ0) is 22.8. The predicted molar refractivity (Wildman–Crippen MR) is 123 cm³/mol. The Morgan fingerprint density at radius 2 is 2.00 bits per heavy atom. The van der Waals surface area contributed by atoms with Gasteiger partial charge < -0.3 is 19.2 Å². The van der Waals surface area contributed by atoms with Crippen LogP contribution in [0.2, 0.25) is 0 Å². The van der Waals surface area contributed by atoms with Crippen molar-refractivity contribution in [1.82, 2.24) is 4.90 Å². The molecule has 1 N–H and O–H groups in total. The van der Waals surface area contributed by atoms with Gasteiger partial charge in [0.25, 0.3) is 11.7 Å². The zero-order valence-electron chi connectivity index (χ0n) is 18.3. The number of rotatable bonds is 7. The number of hydrogen-bond acceptors (Lipinski definition) is 6. The van der Waals surface area contributed by atoms with Gasteiger partial charge in [0, 0.05) is 10.4 Å². The first-order chi connectivity index (χ1) is 15.4. The first-order valence-electron chi connectivity index (χ1n) is 10.5. The molecule has 166 valence electrons. The monoisotopic (exact) mass is 451 g/mol. The third kappa shape index (κ3) is 4.08. The lowest BCUT2D eigenvalue weighted by atomic mass is 9.98. The van der Waals surface area contributed by atoms with E-state index in [9.17, 15) is 14.7 Å². The maximum atomic E-state index is 13.1. The van der Waals surface area contributed by atoms with Gasteiger partial charge in [-0.05, 0) is 67.6 Å². The van der Waals surface area contributed by atoms with Crippen LogP contribution in [-0.2, 0) is 16.1 Å². The van der Waals surface area contributed by atoms with E-state index in [2.05, 4.69) is 0 Å². The van der Waals surface area contributed by atoms with Crippen LogP contribution in [0.5, 0.6) is 5.75 Å². The quantitative estimate of drug-likeness (QED) is 0.297. The number of benzene rings is 1. The largest absolute Gasteiger partial charge is 0.507 e. The molecule has 1 aliphatic rings. The standard InChI is InChI=1S/C25H25NO5S/c1-4-11-30-19-10-8-17(13-15(19)2)23(27)21-22(20-9-7-16(3)31-20)26(25(29)24(21)28)14-18-6-5-12-32-18/h5-10,12-13,22,27H,4,11,14H2,1-3H3/b23-21-. The zero-order valence-corrected chi connectivity index (χ0v) is 19.1. The molecular formula is C25H25NO5S. The van der Waals surface area contributed by atoms with Crippen LogP contribution in [0.3, 0.4) is 0 Å². The number of Topliss-reactive ketones (excluding diaryl/α,β-unsaturated/α-hetero) is 1. The van der Waals surface area contributed by atoms with E-state index in [4.69, 9.17) is 9.15 Å². The molecule has 1 aromatic carbocycles. The minimum absolute atomic E-state index is 0.0301. The van der Waals surface area contributed by atoms with Crippen molar-refractivity contribution < 1.29 is 23.8 Å². The maximum Gasteiger partial charge on any atom is 0.296 e. The van der Waals surface area contributed by atoms with Crippen LogP contribution in [0.4, 0.5) is 0 Å². The molecule has 1 fully saturated rings. The highest BCUT2D eigenvalue weighted by molar-refractivity contribution is 7.09. The molecule has 0 bridgehead atoms. The summed E-state index contributed by atoms with van der Waals surface area (Å²) in [6, 6.07) is 11.8. The number of ketones is 1. The molecule has 7 heteroatoms. The fourth-order valence-corrected chi connectivity index (χ4v) is 4.54. The lowest BCUT2D eigenvalue weighted by Gasteiger charge is -2.22. The van der Waals surface area contributed by atoms with Gasteiger partial charge in [-0.25, -0.2) is 0 Å². The number of thiophene rings is 1. The number of likely N-dealkylation sites (tertiary alicyclic amines) is 1. The van der Waals surface area contributed by atoms with Crippen molar-refractivity contribution in [1.29, 1.82) is 0 Å². The Kier molecular flexibility index (Phi) is 6.19. The van der Waals surface area contributed by atoms with Crippen molar-refractivity contribution in [2.75, 3.05) is 6.61 Å². The smallest absolute Gasteiger partial charge is 0.296 e. The Labute approximate surface area is 190 Å². The van der Waals surface area contributed by atoms with Crippen molar-refractivity contribution >= 4 is 28.8 Å². The molecule has 6 nitrogen and oxygen atoms in total. The summed E-state index contributed by atoms with van der Waals surface area (Å²) in [5, 5.41) is 13.1. The minimum atomic E-state index is -0.804. The van der Waals surface area contributed by atoms with Gasteiger partial charge in [0.05, 0.1) is 18.7 Å². The van der Waals surface area contributed by atoms with E-state index in [0.29, 0.717) is 23.7 Å². The van der Waals surface area contributed by atoms with E-state index in [1.807, 2.05) is 31.4 Å². The number of nitrogens with zero attached hydrogens (tertiary/aromatic N) is 1. The average molecular weight is 452 g/mol. The first kappa shape index (κ1) is 21.9. The molecule has 0 aliphatic carbocycles. The topological polar surface area (TPSA) is 80.0 Å². The van der Waals surface area contributed by atoms with Crippen LogP contribution in [0.1, 0.15) is 46.9 Å². The van der Waals surface area contributed by atoms with Crippen LogP contribution in [0.25, 0.3) is 5.76 Å². The van der Waals surface area contributed by atoms with E-state index >= 15 is 0 Å². The molecular weight excluding hydrogens is 426 g/mol. The first-order valence-corrected chi connectivity index (χ1v) is 11.4. The molecule has 0 radical (unpaired) electrons. The molecule has 2 aromatic heterocycles. The predicted octanol–water partition coefficient (Wildman–Crippen LogP) is 5.37.